The Hall–Kier alpha value is -2.79. The van der Waals surface area contributed by atoms with E-state index in [1.807, 2.05) is 0 Å². The summed E-state index contributed by atoms with van der Waals surface area (Å²) in [5, 5.41) is 12.6. The van der Waals surface area contributed by atoms with Crippen LogP contribution in [0.5, 0.6) is 0 Å². The smallest absolute Gasteiger partial charge is 0.267 e. The molecule has 1 aliphatic rings. The molecule has 142 valence electrons. The third-order valence-corrected chi connectivity index (χ3v) is 4.44. The van der Waals surface area contributed by atoms with Crippen molar-refractivity contribution >= 4 is 22.5 Å². The van der Waals surface area contributed by atoms with Crippen LogP contribution >= 0.6 is 0 Å². The minimum absolute atomic E-state index is 0.145. The zero-order chi connectivity index (χ0) is 19.6. The first kappa shape index (κ1) is 19.0. The molecule has 1 aromatic heterocycles. The van der Waals surface area contributed by atoms with Gasteiger partial charge in [-0.2, -0.15) is 5.26 Å². The lowest BCUT2D eigenvalue weighted by Gasteiger charge is -2.39. The lowest BCUT2D eigenvalue weighted by molar-refractivity contribution is -0.123. The summed E-state index contributed by atoms with van der Waals surface area (Å²) in [6.45, 7) is -0.0284. The fourth-order valence-corrected chi connectivity index (χ4v) is 3.46. The number of carbonyl (C=O) groups is 1. The van der Waals surface area contributed by atoms with Gasteiger partial charge in [0.05, 0.1) is 30.2 Å². The van der Waals surface area contributed by atoms with Crippen LogP contribution in [0.4, 0.5) is 14.5 Å². The Kier molecular flexibility index (Phi) is 5.24. The average Bonchev–Trinajstić information content (AvgIpc) is 2.58. The minimum Gasteiger partial charge on any atom is -0.363 e. The Morgan fingerprint density at radius 1 is 1.44 bits per heavy atom. The van der Waals surface area contributed by atoms with Gasteiger partial charge in [0.25, 0.3) is 5.92 Å². The van der Waals surface area contributed by atoms with Crippen molar-refractivity contribution in [1.82, 2.24) is 15.2 Å². The van der Waals surface area contributed by atoms with Crippen LogP contribution in [0.2, 0.25) is 0 Å². The first-order valence-electron chi connectivity index (χ1n) is 8.64. The molecule has 6 nitrogen and oxygen atoms in total. The molecule has 0 saturated carbocycles. The summed E-state index contributed by atoms with van der Waals surface area (Å²) < 4.78 is 28.8. The number of alkyl halides is 2. The van der Waals surface area contributed by atoms with E-state index in [2.05, 4.69) is 16.4 Å². The average molecular weight is 373 g/mol. The first-order chi connectivity index (χ1) is 12.8. The third-order valence-electron chi connectivity index (χ3n) is 4.44. The molecule has 27 heavy (non-hydrogen) atoms. The molecule has 1 atom stereocenters. The number of rotatable bonds is 4. The Bertz CT molecular complexity index is 893. The summed E-state index contributed by atoms with van der Waals surface area (Å²) in [5.41, 5.74) is 1.47. The SMILES string of the molecule is CN(C)CC(=O)N[C@H]1CN(c2ccc(C#N)c3ncccc23)CC(F)(F)C1. The van der Waals surface area contributed by atoms with Crippen LogP contribution in [0, 0.1) is 11.3 Å². The molecule has 1 saturated heterocycles. The number of pyridine rings is 1. The summed E-state index contributed by atoms with van der Waals surface area (Å²) >= 11 is 0. The van der Waals surface area contributed by atoms with E-state index in [-0.39, 0.29) is 19.0 Å². The highest BCUT2D eigenvalue weighted by molar-refractivity contribution is 5.95. The monoisotopic (exact) mass is 373 g/mol. The van der Waals surface area contributed by atoms with Gasteiger partial charge in [-0.1, -0.05) is 0 Å². The maximum atomic E-state index is 14.4. The van der Waals surface area contributed by atoms with Crippen molar-refractivity contribution in [1.29, 1.82) is 5.26 Å². The number of nitriles is 1. The second-order valence-corrected chi connectivity index (χ2v) is 7.09. The van der Waals surface area contributed by atoms with Gasteiger partial charge in [0.1, 0.15) is 6.07 Å². The van der Waals surface area contributed by atoms with Crippen molar-refractivity contribution < 1.29 is 13.6 Å². The molecule has 2 aromatic rings. The standard InChI is InChI=1S/C19H21F2N5O/c1-25(2)11-17(27)24-14-8-19(20,21)12-26(10-14)16-6-5-13(9-22)18-15(16)4-3-7-23-18/h3-7,14H,8,10-12H2,1-2H3,(H,24,27)/t14-/m1/s1. The van der Waals surface area contributed by atoms with E-state index in [4.69, 9.17) is 0 Å². The van der Waals surface area contributed by atoms with Gasteiger partial charge < -0.3 is 15.1 Å². The highest BCUT2D eigenvalue weighted by Crippen LogP contribution is 2.34. The molecular formula is C19H21F2N5O. The summed E-state index contributed by atoms with van der Waals surface area (Å²) in [7, 11) is 3.49. The molecule has 0 bridgehead atoms. The van der Waals surface area contributed by atoms with Crippen molar-refractivity contribution in [3.63, 3.8) is 0 Å². The molecule has 8 heteroatoms. The van der Waals surface area contributed by atoms with Crippen LogP contribution in [0.3, 0.4) is 0 Å². The van der Waals surface area contributed by atoms with E-state index in [9.17, 15) is 18.8 Å². The second kappa shape index (κ2) is 7.45. The molecule has 1 fully saturated rings. The van der Waals surface area contributed by atoms with Gasteiger partial charge in [-0.05, 0) is 38.4 Å². The molecule has 1 aliphatic heterocycles. The van der Waals surface area contributed by atoms with Gasteiger partial charge in [0.15, 0.2) is 0 Å². The molecule has 3 rings (SSSR count). The largest absolute Gasteiger partial charge is 0.363 e. The number of nitrogens with zero attached hydrogens (tertiary/aromatic N) is 4. The Morgan fingerprint density at radius 3 is 2.93 bits per heavy atom. The quantitative estimate of drug-likeness (QED) is 0.888. The van der Waals surface area contributed by atoms with Crippen LogP contribution in [0.1, 0.15) is 12.0 Å². The lowest BCUT2D eigenvalue weighted by atomic mass is 9.99. The molecular weight excluding hydrogens is 352 g/mol. The maximum Gasteiger partial charge on any atom is 0.267 e. The van der Waals surface area contributed by atoms with Gasteiger partial charge in [-0.3, -0.25) is 9.78 Å². The second-order valence-electron chi connectivity index (χ2n) is 7.09. The molecule has 0 aliphatic carbocycles. The van der Waals surface area contributed by atoms with Crippen LogP contribution in [-0.2, 0) is 4.79 Å². The van der Waals surface area contributed by atoms with Crippen molar-refractivity contribution in [3.05, 3.63) is 36.0 Å². The number of halogens is 2. The van der Waals surface area contributed by atoms with Gasteiger partial charge in [-0.25, -0.2) is 8.78 Å². The van der Waals surface area contributed by atoms with E-state index >= 15 is 0 Å². The third kappa shape index (κ3) is 4.31. The van der Waals surface area contributed by atoms with Crippen molar-refractivity contribution in [2.24, 2.45) is 0 Å². The Morgan fingerprint density at radius 2 is 2.22 bits per heavy atom. The van der Waals surface area contributed by atoms with Gasteiger partial charge >= 0.3 is 0 Å². The van der Waals surface area contributed by atoms with Crippen LogP contribution in [0.25, 0.3) is 10.9 Å². The highest BCUT2D eigenvalue weighted by Gasteiger charge is 2.41. The van der Waals surface area contributed by atoms with Crippen molar-refractivity contribution in [3.8, 4) is 6.07 Å². The summed E-state index contributed by atoms with van der Waals surface area (Å²) in [5.74, 6) is -3.22. The summed E-state index contributed by atoms with van der Waals surface area (Å²) in [6.07, 6.45) is 1.18. The Labute approximate surface area is 156 Å². The number of likely N-dealkylation sites (N-methyl/N-ethyl adjacent to an activating group) is 1. The van der Waals surface area contributed by atoms with E-state index in [1.165, 1.54) is 0 Å². The number of hydrogen-bond donors (Lipinski definition) is 1. The summed E-state index contributed by atoms with van der Waals surface area (Å²) in [6, 6.07) is 8.16. The number of fused-ring (bicyclic) bond motifs is 1. The predicted octanol–water partition coefficient (Wildman–Crippen LogP) is 2.00. The van der Waals surface area contributed by atoms with Crippen LogP contribution in [-0.4, -0.2) is 61.5 Å². The van der Waals surface area contributed by atoms with E-state index in [1.54, 1.807) is 54.4 Å². The maximum absolute atomic E-state index is 14.4. The number of piperidine rings is 1. The number of benzene rings is 1. The van der Waals surface area contributed by atoms with Crippen LogP contribution in [0.15, 0.2) is 30.5 Å². The molecule has 0 radical (unpaired) electrons. The molecule has 1 N–H and O–H groups in total. The highest BCUT2D eigenvalue weighted by atomic mass is 19.3. The number of hydrogen-bond acceptors (Lipinski definition) is 5. The topological polar surface area (TPSA) is 72.3 Å². The number of anilines is 1. The van der Waals surface area contributed by atoms with E-state index < -0.39 is 24.9 Å². The van der Waals surface area contributed by atoms with Crippen LogP contribution < -0.4 is 10.2 Å². The van der Waals surface area contributed by atoms with Gasteiger partial charge in [0.2, 0.25) is 5.91 Å². The number of aromatic nitrogens is 1. The minimum atomic E-state index is -2.93. The number of amides is 1. The molecule has 1 amide bonds. The fraction of sp³-hybridized carbons (Fsp3) is 0.421. The predicted molar refractivity (Wildman–Crippen MR) is 98.7 cm³/mol. The zero-order valence-electron chi connectivity index (χ0n) is 15.2. The van der Waals surface area contributed by atoms with Gasteiger partial charge in [0, 0.05) is 30.2 Å². The van der Waals surface area contributed by atoms with E-state index in [0.717, 1.165) is 0 Å². The molecule has 2 heterocycles. The number of nitrogens with one attached hydrogen (secondary N) is 1. The normalized spacial score (nSPS) is 19.1. The molecule has 0 spiro atoms. The zero-order valence-corrected chi connectivity index (χ0v) is 15.2. The molecule has 0 unspecified atom stereocenters. The van der Waals surface area contributed by atoms with Crippen molar-refractivity contribution in [2.75, 3.05) is 38.6 Å². The fourth-order valence-electron chi connectivity index (χ4n) is 3.46. The summed E-state index contributed by atoms with van der Waals surface area (Å²) in [4.78, 5) is 19.5. The van der Waals surface area contributed by atoms with Gasteiger partial charge in [-0.15, -0.1) is 0 Å². The number of carbonyl (C=O) groups excluding carboxylic acids is 1. The lowest BCUT2D eigenvalue weighted by Crippen LogP contribution is -2.56. The Balaban J connectivity index is 1.91. The van der Waals surface area contributed by atoms with E-state index in [0.29, 0.717) is 22.2 Å². The van der Waals surface area contributed by atoms with Crippen molar-refractivity contribution in [2.45, 2.75) is 18.4 Å². The first-order valence-corrected chi connectivity index (χ1v) is 8.64. The molecule has 1 aromatic carbocycles.